The van der Waals surface area contributed by atoms with Crippen molar-refractivity contribution in [3.8, 4) is 5.88 Å². The van der Waals surface area contributed by atoms with E-state index in [-0.39, 0.29) is 12.2 Å². The van der Waals surface area contributed by atoms with Gasteiger partial charge in [-0.3, -0.25) is 4.79 Å². The van der Waals surface area contributed by atoms with Gasteiger partial charge in [-0.15, -0.1) is 11.3 Å². The van der Waals surface area contributed by atoms with Gasteiger partial charge in [-0.1, -0.05) is 0 Å². The minimum atomic E-state index is -0.0833. The molecule has 0 spiro atoms. The molecule has 0 aromatic carbocycles. The van der Waals surface area contributed by atoms with E-state index in [4.69, 9.17) is 4.74 Å². The first-order chi connectivity index (χ1) is 8.19. The highest BCUT2D eigenvalue weighted by Crippen LogP contribution is 2.13. The zero-order chi connectivity index (χ0) is 12.3. The highest BCUT2D eigenvalue weighted by molar-refractivity contribution is 7.09. The summed E-state index contributed by atoms with van der Waals surface area (Å²) in [5.74, 6) is 0.304. The first-order valence-electron chi connectivity index (χ1n) is 4.99. The molecule has 0 atom stereocenters. The number of aromatic nitrogens is 3. The fraction of sp³-hybridized carbons (Fsp3) is 0.273. The Morgan fingerprint density at radius 3 is 2.94 bits per heavy atom. The van der Waals surface area contributed by atoms with Gasteiger partial charge < -0.3 is 4.74 Å². The maximum Gasteiger partial charge on any atom is 0.216 e. The Morgan fingerprint density at radius 1 is 1.47 bits per heavy atom. The molecule has 0 saturated carbocycles. The van der Waals surface area contributed by atoms with Crippen LogP contribution in [0.25, 0.3) is 0 Å². The molecule has 0 amide bonds. The van der Waals surface area contributed by atoms with Crippen LogP contribution < -0.4 is 4.74 Å². The van der Waals surface area contributed by atoms with Gasteiger partial charge in [0.2, 0.25) is 5.88 Å². The van der Waals surface area contributed by atoms with Crippen LogP contribution in [0.5, 0.6) is 5.88 Å². The standard InChI is InChI=1S/C11H11N3O2S/c1-7-5-17-11(14-7)4-9(15)8-3-10(16-2)13-6-12-8/h3,5-6H,4H2,1-2H3. The SMILES string of the molecule is COc1cc(C(=O)Cc2nc(C)cs2)ncn1. The van der Waals surface area contributed by atoms with E-state index in [1.807, 2.05) is 12.3 Å². The molecule has 0 fully saturated rings. The molecule has 0 N–H and O–H groups in total. The Hall–Kier alpha value is -1.82. The molecule has 0 unspecified atom stereocenters. The highest BCUT2D eigenvalue weighted by Gasteiger charge is 2.12. The molecule has 0 aliphatic carbocycles. The third-order valence-electron chi connectivity index (χ3n) is 2.12. The summed E-state index contributed by atoms with van der Waals surface area (Å²) in [6, 6.07) is 1.53. The van der Waals surface area contributed by atoms with E-state index in [9.17, 15) is 4.79 Å². The van der Waals surface area contributed by atoms with Gasteiger partial charge in [-0.2, -0.15) is 0 Å². The lowest BCUT2D eigenvalue weighted by atomic mass is 10.2. The van der Waals surface area contributed by atoms with Crippen LogP contribution in [0.15, 0.2) is 17.8 Å². The zero-order valence-corrected chi connectivity index (χ0v) is 10.3. The zero-order valence-electron chi connectivity index (χ0n) is 9.51. The Kier molecular flexibility index (Phi) is 3.43. The summed E-state index contributed by atoms with van der Waals surface area (Å²) in [7, 11) is 1.50. The number of ketones is 1. The molecule has 2 rings (SSSR count). The smallest absolute Gasteiger partial charge is 0.216 e. The lowest BCUT2D eigenvalue weighted by Gasteiger charge is -2.00. The third kappa shape index (κ3) is 2.85. The van der Waals surface area contributed by atoms with Crippen molar-refractivity contribution in [2.45, 2.75) is 13.3 Å². The molecule has 0 bridgehead atoms. The molecule has 17 heavy (non-hydrogen) atoms. The monoisotopic (exact) mass is 249 g/mol. The van der Waals surface area contributed by atoms with Gasteiger partial charge in [-0.05, 0) is 6.92 Å². The Labute approximate surface area is 103 Å². The minimum absolute atomic E-state index is 0.0833. The number of thiazole rings is 1. The summed E-state index contributed by atoms with van der Waals surface area (Å²) in [4.78, 5) is 23.9. The second-order valence-electron chi connectivity index (χ2n) is 3.43. The van der Waals surface area contributed by atoms with Crippen LogP contribution in [0, 0.1) is 6.92 Å². The third-order valence-corrected chi connectivity index (χ3v) is 3.08. The highest BCUT2D eigenvalue weighted by atomic mass is 32.1. The topological polar surface area (TPSA) is 65.0 Å². The van der Waals surface area contributed by atoms with Crippen LogP contribution in [0.4, 0.5) is 0 Å². The molecular weight excluding hydrogens is 238 g/mol. The number of carbonyl (C=O) groups excluding carboxylic acids is 1. The van der Waals surface area contributed by atoms with E-state index in [0.29, 0.717) is 11.6 Å². The molecule has 2 aromatic rings. The van der Waals surface area contributed by atoms with Crippen molar-refractivity contribution in [1.82, 2.24) is 15.0 Å². The fourth-order valence-corrected chi connectivity index (χ4v) is 2.09. The molecule has 5 nitrogen and oxygen atoms in total. The quantitative estimate of drug-likeness (QED) is 0.771. The number of aryl methyl sites for hydroxylation is 1. The molecule has 0 aliphatic rings. The van der Waals surface area contributed by atoms with Gasteiger partial charge in [0.15, 0.2) is 5.78 Å². The number of nitrogens with zero attached hydrogens (tertiary/aromatic N) is 3. The average Bonchev–Trinajstić information content (AvgIpc) is 2.75. The number of Topliss-reactive ketones (excluding diaryl/α,β-unsaturated/α-hetero) is 1. The summed E-state index contributed by atoms with van der Waals surface area (Å²) in [5.41, 5.74) is 1.28. The van der Waals surface area contributed by atoms with Crippen LogP contribution in [0.3, 0.4) is 0 Å². The van der Waals surface area contributed by atoms with E-state index >= 15 is 0 Å². The number of carbonyl (C=O) groups is 1. The summed E-state index contributed by atoms with van der Waals surface area (Å²) in [6.45, 7) is 1.90. The van der Waals surface area contributed by atoms with Gasteiger partial charge in [0, 0.05) is 17.1 Å². The predicted octanol–water partition coefficient (Wildman–Crippen LogP) is 1.68. The summed E-state index contributed by atoms with van der Waals surface area (Å²) in [6.07, 6.45) is 1.58. The van der Waals surface area contributed by atoms with Crippen molar-refractivity contribution in [2.75, 3.05) is 7.11 Å². The normalized spacial score (nSPS) is 10.2. The van der Waals surface area contributed by atoms with Crippen LogP contribution in [-0.4, -0.2) is 27.8 Å². The van der Waals surface area contributed by atoms with Gasteiger partial charge in [0.05, 0.1) is 13.5 Å². The van der Waals surface area contributed by atoms with Gasteiger partial charge in [0.1, 0.15) is 17.0 Å². The molecular formula is C11H11N3O2S. The van der Waals surface area contributed by atoms with Gasteiger partial charge >= 0.3 is 0 Å². The average molecular weight is 249 g/mol. The molecule has 88 valence electrons. The summed E-state index contributed by atoms with van der Waals surface area (Å²) < 4.78 is 4.94. The maximum absolute atomic E-state index is 11.9. The summed E-state index contributed by atoms with van der Waals surface area (Å²) in [5, 5.41) is 2.72. The van der Waals surface area contributed by atoms with E-state index in [0.717, 1.165) is 10.7 Å². The second-order valence-corrected chi connectivity index (χ2v) is 4.37. The fourth-order valence-electron chi connectivity index (χ4n) is 1.32. The van der Waals surface area contributed by atoms with Crippen molar-refractivity contribution in [3.05, 3.63) is 34.2 Å². The number of methoxy groups -OCH3 is 1. The molecule has 2 aromatic heterocycles. The number of hydrogen-bond donors (Lipinski definition) is 0. The van der Waals surface area contributed by atoms with Gasteiger partial charge in [0.25, 0.3) is 0 Å². The molecule has 0 aliphatic heterocycles. The van der Waals surface area contributed by atoms with Crippen LogP contribution >= 0.6 is 11.3 Å². The lowest BCUT2D eigenvalue weighted by molar-refractivity contribution is 0.0987. The first-order valence-corrected chi connectivity index (χ1v) is 5.87. The van der Waals surface area contributed by atoms with Crippen LogP contribution in [-0.2, 0) is 6.42 Å². The van der Waals surface area contributed by atoms with Crippen molar-refractivity contribution < 1.29 is 9.53 Å². The van der Waals surface area contributed by atoms with Crippen molar-refractivity contribution in [3.63, 3.8) is 0 Å². The largest absolute Gasteiger partial charge is 0.481 e. The predicted molar refractivity (Wildman–Crippen MR) is 63.5 cm³/mol. The van der Waals surface area contributed by atoms with E-state index in [2.05, 4.69) is 15.0 Å². The maximum atomic E-state index is 11.9. The molecule has 0 saturated heterocycles. The van der Waals surface area contributed by atoms with E-state index in [1.54, 1.807) is 0 Å². The van der Waals surface area contributed by atoms with Gasteiger partial charge in [-0.25, -0.2) is 15.0 Å². The molecule has 6 heteroatoms. The molecule has 0 radical (unpaired) electrons. The number of rotatable bonds is 4. The van der Waals surface area contributed by atoms with Crippen LogP contribution in [0.1, 0.15) is 21.2 Å². The first kappa shape index (κ1) is 11.7. The van der Waals surface area contributed by atoms with Crippen molar-refractivity contribution >= 4 is 17.1 Å². The number of hydrogen-bond acceptors (Lipinski definition) is 6. The summed E-state index contributed by atoms with van der Waals surface area (Å²) >= 11 is 1.48. The second kappa shape index (κ2) is 5.01. The Morgan fingerprint density at radius 2 is 2.29 bits per heavy atom. The van der Waals surface area contributed by atoms with E-state index < -0.39 is 0 Å². The molecule has 2 heterocycles. The van der Waals surface area contributed by atoms with Crippen LogP contribution in [0.2, 0.25) is 0 Å². The van der Waals surface area contributed by atoms with Crippen molar-refractivity contribution in [2.24, 2.45) is 0 Å². The number of ether oxygens (including phenoxy) is 1. The Bertz CT molecular complexity index is 539. The minimum Gasteiger partial charge on any atom is -0.481 e. The van der Waals surface area contributed by atoms with Crippen molar-refractivity contribution in [1.29, 1.82) is 0 Å². The Balaban J connectivity index is 2.14. The van der Waals surface area contributed by atoms with E-state index in [1.165, 1.54) is 30.8 Å². The lowest BCUT2D eigenvalue weighted by Crippen LogP contribution is -2.06.